The van der Waals surface area contributed by atoms with Gasteiger partial charge in [0.15, 0.2) is 5.17 Å². The Bertz CT molecular complexity index is 1180. The van der Waals surface area contributed by atoms with Crippen molar-refractivity contribution in [3.05, 3.63) is 63.1 Å². The number of carbonyl (C=O) groups excluding carboxylic acids is 1. The Labute approximate surface area is 202 Å². The van der Waals surface area contributed by atoms with Crippen molar-refractivity contribution in [2.45, 2.75) is 79.3 Å². The smallest absolute Gasteiger partial charge is 0.264 e. The van der Waals surface area contributed by atoms with Gasteiger partial charge in [-0.05, 0) is 125 Å². The van der Waals surface area contributed by atoms with Gasteiger partial charge in [0.1, 0.15) is 0 Å². The Morgan fingerprint density at radius 1 is 1.18 bits per heavy atom. The molecular weight excluding hydrogens is 426 g/mol. The molecule has 0 bridgehead atoms. The van der Waals surface area contributed by atoms with Crippen LogP contribution in [0, 0.1) is 20.8 Å². The fourth-order valence-electron chi connectivity index (χ4n) is 5.33. The number of anilines is 1. The second-order valence-electron chi connectivity index (χ2n) is 10.3. The minimum atomic E-state index is -0.0841. The summed E-state index contributed by atoms with van der Waals surface area (Å²) in [6, 6.07) is 11.1. The summed E-state index contributed by atoms with van der Waals surface area (Å²) >= 11 is 1.42. The fraction of sp³-hybridized carbons (Fsp3) is 0.429. The minimum absolute atomic E-state index is 0.0841. The van der Waals surface area contributed by atoms with Crippen molar-refractivity contribution in [3.63, 3.8) is 0 Å². The van der Waals surface area contributed by atoms with Gasteiger partial charge in [-0.25, -0.2) is 4.99 Å². The highest BCUT2D eigenvalue weighted by molar-refractivity contribution is 8.18. The van der Waals surface area contributed by atoms with Gasteiger partial charge in [0.05, 0.1) is 10.6 Å². The average molecular weight is 462 g/mol. The van der Waals surface area contributed by atoms with Gasteiger partial charge in [-0.15, -0.1) is 0 Å². The summed E-state index contributed by atoms with van der Waals surface area (Å²) < 4.78 is 0. The molecule has 0 radical (unpaired) electrons. The molecule has 1 atom stereocenters. The zero-order valence-corrected chi connectivity index (χ0v) is 21.9. The lowest BCUT2D eigenvalue weighted by Crippen LogP contribution is -2.51. The Kier molecular flexibility index (Phi) is 6.21. The molecule has 174 valence electrons. The van der Waals surface area contributed by atoms with Crippen molar-refractivity contribution in [3.8, 4) is 0 Å². The number of thioether (sulfide) groups is 1. The molecule has 0 aliphatic carbocycles. The number of nitrogens with zero attached hydrogens (tertiary/aromatic N) is 2. The first-order valence-corrected chi connectivity index (χ1v) is 12.6. The molecule has 0 saturated carbocycles. The number of rotatable bonds is 3. The number of nitrogens with one attached hydrogen (secondary N) is 1. The third kappa shape index (κ3) is 4.48. The zero-order chi connectivity index (χ0) is 24.1. The number of hydrogen-bond donors (Lipinski definition) is 1. The van der Waals surface area contributed by atoms with Crippen LogP contribution in [0.25, 0.3) is 6.08 Å². The first-order valence-electron chi connectivity index (χ1n) is 11.8. The van der Waals surface area contributed by atoms with E-state index in [9.17, 15) is 4.79 Å². The SMILES string of the molecule is Cc1cc2c(cc1/C=C1\SC(=Nc3cccc(C)c3C)NC1=O)C(C)CC(C)(C)N2C(C)C. The molecular formula is C28H35N3OS. The maximum atomic E-state index is 12.7. The monoisotopic (exact) mass is 461 g/mol. The number of amidine groups is 1. The maximum absolute atomic E-state index is 12.7. The molecule has 2 heterocycles. The summed E-state index contributed by atoms with van der Waals surface area (Å²) in [5.74, 6) is 0.383. The summed E-state index contributed by atoms with van der Waals surface area (Å²) in [5.41, 5.74) is 8.33. The van der Waals surface area contributed by atoms with E-state index in [2.05, 4.69) is 83.8 Å². The first kappa shape index (κ1) is 23.6. The molecule has 2 aliphatic heterocycles. The molecule has 0 aromatic heterocycles. The normalized spacial score (nSPS) is 22.3. The van der Waals surface area contributed by atoms with Gasteiger partial charge in [0.25, 0.3) is 5.91 Å². The quantitative estimate of drug-likeness (QED) is 0.500. The molecule has 4 nitrogen and oxygen atoms in total. The average Bonchev–Trinajstić information content (AvgIpc) is 3.04. The van der Waals surface area contributed by atoms with E-state index in [1.54, 1.807) is 0 Å². The second-order valence-corrected chi connectivity index (χ2v) is 11.4. The van der Waals surface area contributed by atoms with Crippen molar-refractivity contribution in [2.75, 3.05) is 4.90 Å². The predicted octanol–water partition coefficient (Wildman–Crippen LogP) is 7.00. The van der Waals surface area contributed by atoms with Gasteiger partial charge in [0.2, 0.25) is 0 Å². The minimum Gasteiger partial charge on any atom is -0.364 e. The first-order chi connectivity index (χ1) is 15.5. The third-order valence-corrected chi connectivity index (χ3v) is 7.83. The van der Waals surface area contributed by atoms with Gasteiger partial charge >= 0.3 is 0 Å². The van der Waals surface area contributed by atoms with E-state index in [1.807, 2.05) is 18.2 Å². The molecule has 1 N–H and O–H groups in total. The summed E-state index contributed by atoms with van der Waals surface area (Å²) in [5, 5.41) is 3.58. The number of aliphatic imine (C=N–C) groups is 1. The lowest BCUT2D eigenvalue weighted by molar-refractivity contribution is -0.115. The van der Waals surface area contributed by atoms with Gasteiger partial charge in [-0.1, -0.05) is 19.1 Å². The van der Waals surface area contributed by atoms with E-state index in [4.69, 9.17) is 4.99 Å². The summed E-state index contributed by atoms with van der Waals surface area (Å²) in [6.45, 7) is 17.8. The highest BCUT2D eigenvalue weighted by Gasteiger charge is 2.38. The molecule has 2 aromatic carbocycles. The number of fused-ring (bicyclic) bond motifs is 1. The molecule has 5 heteroatoms. The predicted molar refractivity (Wildman–Crippen MR) is 143 cm³/mol. The van der Waals surface area contributed by atoms with Gasteiger partial charge < -0.3 is 10.2 Å². The Balaban J connectivity index is 1.69. The third-order valence-electron chi connectivity index (χ3n) is 6.92. The van der Waals surface area contributed by atoms with E-state index in [-0.39, 0.29) is 11.4 Å². The van der Waals surface area contributed by atoms with E-state index in [0.29, 0.717) is 22.0 Å². The molecule has 4 rings (SSSR count). The maximum Gasteiger partial charge on any atom is 0.264 e. The topological polar surface area (TPSA) is 44.7 Å². The number of aryl methyl sites for hydroxylation is 2. The van der Waals surface area contributed by atoms with Crippen LogP contribution < -0.4 is 10.2 Å². The molecule has 1 unspecified atom stereocenters. The summed E-state index contributed by atoms with van der Waals surface area (Å²) in [4.78, 5) is 20.7. The Morgan fingerprint density at radius 2 is 1.91 bits per heavy atom. The number of carbonyl (C=O) groups is 1. The standard InChI is InChI=1S/C28H35N3OS/c1-16(2)31-24-12-18(4)21(13-22(24)19(5)15-28(31,7)8)14-25-26(32)30-27(33-25)29-23-11-9-10-17(3)20(23)6/h9-14,16,19H,15H2,1-8H3,(H,29,30,32)/b25-14-. The van der Waals surface area contributed by atoms with E-state index in [0.717, 1.165) is 23.2 Å². The molecule has 1 fully saturated rings. The van der Waals surface area contributed by atoms with E-state index >= 15 is 0 Å². The number of amides is 1. The second kappa shape index (κ2) is 8.68. The van der Waals surface area contributed by atoms with E-state index < -0.39 is 0 Å². The van der Waals surface area contributed by atoms with Gasteiger partial charge in [-0.2, -0.15) is 0 Å². The van der Waals surface area contributed by atoms with E-state index in [1.165, 1.54) is 34.1 Å². The van der Waals surface area contributed by atoms with Crippen LogP contribution in [0.2, 0.25) is 0 Å². The Morgan fingerprint density at radius 3 is 2.61 bits per heavy atom. The molecule has 1 amide bonds. The van der Waals surface area contributed by atoms with Crippen LogP contribution in [-0.4, -0.2) is 22.7 Å². The molecule has 2 aliphatic rings. The van der Waals surface area contributed by atoms with Crippen LogP contribution in [0.5, 0.6) is 0 Å². The largest absolute Gasteiger partial charge is 0.364 e. The van der Waals surface area contributed by atoms with Crippen molar-refractivity contribution in [1.29, 1.82) is 0 Å². The van der Waals surface area contributed by atoms with Crippen LogP contribution in [0.1, 0.15) is 74.8 Å². The highest BCUT2D eigenvalue weighted by atomic mass is 32.2. The number of benzene rings is 2. The molecule has 0 spiro atoms. The van der Waals surface area contributed by atoms with Crippen LogP contribution in [-0.2, 0) is 4.79 Å². The van der Waals surface area contributed by atoms with Crippen LogP contribution in [0.15, 0.2) is 40.2 Å². The van der Waals surface area contributed by atoms with Crippen molar-refractivity contribution < 1.29 is 4.79 Å². The lowest BCUT2D eigenvalue weighted by atomic mass is 9.78. The van der Waals surface area contributed by atoms with Crippen LogP contribution >= 0.6 is 11.8 Å². The van der Waals surface area contributed by atoms with Crippen molar-refractivity contribution in [2.24, 2.45) is 4.99 Å². The summed E-state index contributed by atoms with van der Waals surface area (Å²) in [6.07, 6.45) is 3.13. The van der Waals surface area contributed by atoms with Crippen molar-refractivity contribution >= 4 is 40.3 Å². The number of hydrogen-bond acceptors (Lipinski definition) is 4. The Hall–Kier alpha value is -2.53. The molecule has 2 aromatic rings. The highest BCUT2D eigenvalue weighted by Crippen LogP contribution is 2.45. The summed E-state index contributed by atoms with van der Waals surface area (Å²) in [7, 11) is 0. The van der Waals surface area contributed by atoms with Crippen LogP contribution in [0.4, 0.5) is 11.4 Å². The van der Waals surface area contributed by atoms with Crippen molar-refractivity contribution in [1.82, 2.24) is 5.32 Å². The molecule has 33 heavy (non-hydrogen) atoms. The fourth-order valence-corrected chi connectivity index (χ4v) is 6.16. The van der Waals surface area contributed by atoms with Gasteiger partial charge in [-0.3, -0.25) is 4.79 Å². The van der Waals surface area contributed by atoms with Gasteiger partial charge in [0, 0.05) is 17.3 Å². The zero-order valence-electron chi connectivity index (χ0n) is 21.0. The molecule has 1 saturated heterocycles. The lowest BCUT2D eigenvalue weighted by Gasteiger charge is -2.50. The van der Waals surface area contributed by atoms with Crippen LogP contribution in [0.3, 0.4) is 0 Å².